The van der Waals surface area contributed by atoms with E-state index < -0.39 is 0 Å². The van der Waals surface area contributed by atoms with Crippen LogP contribution in [0.25, 0.3) is 0 Å². The van der Waals surface area contributed by atoms with Crippen LogP contribution in [0.1, 0.15) is 17.0 Å². The number of nitrogens with zero attached hydrogens (tertiary/aromatic N) is 1. The predicted octanol–water partition coefficient (Wildman–Crippen LogP) is 3.07. The van der Waals surface area contributed by atoms with Crippen molar-refractivity contribution in [2.24, 2.45) is 0 Å². The third-order valence-corrected chi connectivity index (χ3v) is 3.80. The molecule has 1 amide bonds. The lowest BCUT2D eigenvalue weighted by molar-refractivity contribution is -0.113. The predicted molar refractivity (Wildman–Crippen MR) is 78.6 cm³/mol. The van der Waals surface area contributed by atoms with Crippen molar-refractivity contribution < 1.29 is 4.79 Å². The van der Waals surface area contributed by atoms with Gasteiger partial charge in [0.1, 0.15) is 0 Å². The van der Waals surface area contributed by atoms with Gasteiger partial charge in [0, 0.05) is 4.90 Å². The molecular weight excluding hydrogens is 258 g/mol. The molecule has 0 bridgehead atoms. The maximum atomic E-state index is 11.9. The molecule has 1 aromatic heterocycles. The van der Waals surface area contributed by atoms with E-state index in [9.17, 15) is 4.79 Å². The Kier molecular flexibility index (Phi) is 4.27. The van der Waals surface area contributed by atoms with Crippen LogP contribution in [0.3, 0.4) is 0 Å². The first-order chi connectivity index (χ1) is 9.06. The van der Waals surface area contributed by atoms with E-state index in [4.69, 9.17) is 0 Å². The first-order valence-electron chi connectivity index (χ1n) is 6.07. The van der Waals surface area contributed by atoms with Crippen molar-refractivity contribution in [2.45, 2.75) is 25.7 Å². The fraction of sp³-hybridized carbons (Fsp3) is 0.286. The highest BCUT2D eigenvalue weighted by molar-refractivity contribution is 8.00. The normalized spacial score (nSPS) is 10.5. The first-order valence-corrected chi connectivity index (χ1v) is 7.05. The molecule has 0 aliphatic carbocycles. The largest absolute Gasteiger partial charge is 0.322 e. The van der Waals surface area contributed by atoms with E-state index in [-0.39, 0.29) is 5.91 Å². The minimum absolute atomic E-state index is 0.0156. The number of aromatic nitrogens is 2. The molecule has 1 heterocycles. The van der Waals surface area contributed by atoms with E-state index in [1.807, 2.05) is 45.0 Å². The Morgan fingerprint density at radius 1 is 1.26 bits per heavy atom. The Hall–Kier alpha value is -1.75. The summed E-state index contributed by atoms with van der Waals surface area (Å²) in [5.41, 5.74) is 3.70. The Bertz CT molecular complexity index is 555. The van der Waals surface area contributed by atoms with Crippen LogP contribution in [0.15, 0.2) is 29.2 Å². The molecule has 0 fully saturated rings. The number of rotatable bonds is 4. The van der Waals surface area contributed by atoms with Crippen molar-refractivity contribution in [1.82, 2.24) is 10.2 Å². The average molecular weight is 275 g/mol. The van der Waals surface area contributed by atoms with Gasteiger partial charge in [-0.15, -0.1) is 11.8 Å². The number of aromatic amines is 1. The number of hydrogen-bond donors (Lipinski definition) is 2. The zero-order valence-electron chi connectivity index (χ0n) is 11.3. The molecule has 4 nitrogen and oxygen atoms in total. The summed E-state index contributed by atoms with van der Waals surface area (Å²) < 4.78 is 0. The number of nitrogens with one attached hydrogen (secondary N) is 2. The SMILES string of the molecule is Cc1ccc(SCC(=O)Nc2c(C)n[nH]c2C)cc1. The average Bonchev–Trinajstić information content (AvgIpc) is 2.70. The van der Waals surface area contributed by atoms with Crippen molar-refractivity contribution >= 4 is 23.4 Å². The molecular formula is C14H17N3OS. The summed E-state index contributed by atoms with van der Waals surface area (Å²) in [7, 11) is 0. The van der Waals surface area contributed by atoms with Crippen molar-refractivity contribution in [3.05, 3.63) is 41.2 Å². The number of aryl methyl sites for hydroxylation is 3. The Morgan fingerprint density at radius 3 is 2.53 bits per heavy atom. The summed E-state index contributed by atoms with van der Waals surface area (Å²) in [6, 6.07) is 8.15. The first kappa shape index (κ1) is 13.7. The lowest BCUT2D eigenvalue weighted by Gasteiger charge is -2.05. The van der Waals surface area contributed by atoms with Gasteiger partial charge < -0.3 is 5.32 Å². The molecule has 0 atom stereocenters. The molecule has 0 saturated carbocycles. The maximum Gasteiger partial charge on any atom is 0.234 e. The fourth-order valence-electron chi connectivity index (χ4n) is 1.69. The van der Waals surface area contributed by atoms with Gasteiger partial charge in [0.2, 0.25) is 5.91 Å². The van der Waals surface area contributed by atoms with Gasteiger partial charge in [-0.05, 0) is 32.9 Å². The number of anilines is 1. The lowest BCUT2D eigenvalue weighted by atomic mass is 10.2. The van der Waals surface area contributed by atoms with Gasteiger partial charge in [0.25, 0.3) is 0 Å². The third kappa shape index (κ3) is 3.61. The summed E-state index contributed by atoms with van der Waals surface area (Å²) in [5, 5.41) is 9.79. The van der Waals surface area contributed by atoms with Crippen LogP contribution < -0.4 is 5.32 Å². The summed E-state index contributed by atoms with van der Waals surface area (Å²) in [6.45, 7) is 5.81. The minimum Gasteiger partial charge on any atom is -0.322 e. The highest BCUT2D eigenvalue weighted by Crippen LogP contribution is 2.20. The maximum absolute atomic E-state index is 11.9. The van der Waals surface area contributed by atoms with Gasteiger partial charge in [-0.1, -0.05) is 17.7 Å². The molecule has 19 heavy (non-hydrogen) atoms. The van der Waals surface area contributed by atoms with E-state index in [2.05, 4.69) is 15.5 Å². The summed E-state index contributed by atoms with van der Waals surface area (Å²) in [5.74, 6) is 0.380. The van der Waals surface area contributed by atoms with E-state index in [0.29, 0.717) is 5.75 Å². The molecule has 0 radical (unpaired) electrons. The topological polar surface area (TPSA) is 57.8 Å². The van der Waals surface area contributed by atoms with Crippen LogP contribution >= 0.6 is 11.8 Å². The lowest BCUT2D eigenvalue weighted by Crippen LogP contribution is -2.14. The van der Waals surface area contributed by atoms with Gasteiger partial charge in [-0.3, -0.25) is 9.89 Å². The molecule has 0 spiro atoms. The van der Waals surface area contributed by atoms with Crippen molar-refractivity contribution in [1.29, 1.82) is 0 Å². The van der Waals surface area contributed by atoms with Gasteiger partial charge >= 0.3 is 0 Å². The summed E-state index contributed by atoms with van der Waals surface area (Å²) in [4.78, 5) is 13.0. The molecule has 2 N–H and O–H groups in total. The Balaban J connectivity index is 1.90. The second-order valence-corrected chi connectivity index (χ2v) is 5.51. The number of benzene rings is 1. The molecule has 0 unspecified atom stereocenters. The number of carbonyl (C=O) groups is 1. The van der Waals surface area contributed by atoms with Gasteiger partial charge in [-0.25, -0.2) is 0 Å². The second-order valence-electron chi connectivity index (χ2n) is 4.46. The zero-order valence-corrected chi connectivity index (χ0v) is 12.1. The van der Waals surface area contributed by atoms with E-state index in [1.54, 1.807) is 0 Å². The number of thioether (sulfide) groups is 1. The van der Waals surface area contributed by atoms with Crippen molar-refractivity contribution in [2.75, 3.05) is 11.1 Å². The van der Waals surface area contributed by atoms with Crippen molar-refractivity contribution in [3.8, 4) is 0 Å². The number of hydrogen-bond acceptors (Lipinski definition) is 3. The molecule has 0 aliphatic rings. The number of amides is 1. The molecule has 0 aliphatic heterocycles. The van der Waals surface area contributed by atoms with Gasteiger partial charge in [0.05, 0.1) is 22.8 Å². The smallest absolute Gasteiger partial charge is 0.234 e. The van der Waals surface area contributed by atoms with Crippen LogP contribution in [-0.2, 0) is 4.79 Å². The molecule has 1 aromatic carbocycles. The van der Waals surface area contributed by atoms with Crippen molar-refractivity contribution in [3.63, 3.8) is 0 Å². The third-order valence-electron chi connectivity index (χ3n) is 2.78. The quantitative estimate of drug-likeness (QED) is 0.843. The van der Waals surface area contributed by atoms with E-state index in [1.165, 1.54) is 17.3 Å². The van der Waals surface area contributed by atoms with E-state index in [0.717, 1.165) is 22.0 Å². The molecule has 5 heteroatoms. The molecule has 2 aromatic rings. The van der Waals surface area contributed by atoms with Crippen LogP contribution in [0.2, 0.25) is 0 Å². The Labute approximate surface area is 117 Å². The standard InChI is InChI=1S/C14H17N3OS/c1-9-4-6-12(7-5-9)19-8-13(18)15-14-10(2)16-17-11(14)3/h4-7H,8H2,1-3H3,(H,15,18)(H,16,17). The fourth-order valence-corrected chi connectivity index (χ4v) is 2.39. The monoisotopic (exact) mass is 275 g/mol. The zero-order chi connectivity index (χ0) is 13.8. The Morgan fingerprint density at radius 2 is 1.95 bits per heavy atom. The highest BCUT2D eigenvalue weighted by atomic mass is 32.2. The number of carbonyl (C=O) groups excluding carboxylic acids is 1. The van der Waals surface area contributed by atoms with Crippen LogP contribution in [0.5, 0.6) is 0 Å². The minimum atomic E-state index is -0.0156. The summed E-state index contributed by atoms with van der Waals surface area (Å²) >= 11 is 1.53. The molecule has 2 rings (SSSR count). The number of H-pyrrole nitrogens is 1. The van der Waals surface area contributed by atoms with E-state index >= 15 is 0 Å². The van der Waals surface area contributed by atoms with Gasteiger partial charge in [0.15, 0.2) is 0 Å². The van der Waals surface area contributed by atoms with Crippen LogP contribution in [-0.4, -0.2) is 21.9 Å². The highest BCUT2D eigenvalue weighted by Gasteiger charge is 2.10. The van der Waals surface area contributed by atoms with Crippen LogP contribution in [0, 0.1) is 20.8 Å². The van der Waals surface area contributed by atoms with Gasteiger partial charge in [-0.2, -0.15) is 5.10 Å². The molecule has 100 valence electrons. The summed E-state index contributed by atoms with van der Waals surface area (Å²) in [6.07, 6.45) is 0. The second kappa shape index (κ2) is 5.93. The molecule has 0 saturated heterocycles. The van der Waals surface area contributed by atoms with Crippen LogP contribution in [0.4, 0.5) is 5.69 Å².